The molecule has 1 unspecified atom stereocenters. The van der Waals surface area contributed by atoms with Crippen LogP contribution in [0.1, 0.15) is 19.8 Å². The number of rotatable bonds is 4. The highest BCUT2D eigenvalue weighted by Gasteiger charge is 2.28. The van der Waals surface area contributed by atoms with Crippen molar-refractivity contribution in [2.75, 3.05) is 5.32 Å². The molecular weight excluding hydrogens is 224 g/mol. The number of anilines is 1. The summed E-state index contributed by atoms with van der Waals surface area (Å²) in [6, 6.07) is 0.442. The molecule has 0 saturated heterocycles. The first-order valence-electron chi connectivity index (χ1n) is 5.30. The molecule has 0 spiro atoms. The number of H-pyrrole nitrogens is 1. The molecule has 0 aliphatic heterocycles. The van der Waals surface area contributed by atoms with Crippen LogP contribution in [0, 0.1) is 5.92 Å². The second kappa shape index (κ2) is 3.82. The summed E-state index contributed by atoms with van der Waals surface area (Å²) in [6.45, 7) is 2.16. The highest BCUT2D eigenvalue weighted by Crippen LogP contribution is 2.33. The van der Waals surface area contributed by atoms with E-state index >= 15 is 0 Å². The lowest BCUT2D eigenvalue weighted by molar-refractivity contribution is 0.687. The van der Waals surface area contributed by atoms with Gasteiger partial charge in [-0.2, -0.15) is 13.7 Å². The van der Waals surface area contributed by atoms with Crippen molar-refractivity contribution >= 4 is 17.7 Å². The van der Waals surface area contributed by atoms with Crippen molar-refractivity contribution in [1.29, 1.82) is 0 Å². The van der Waals surface area contributed by atoms with Crippen LogP contribution < -0.4 is 5.32 Å². The molecule has 1 aliphatic rings. The molecule has 6 nitrogen and oxygen atoms in total. The zero-order valence-corrected chi connectivity index (χ0v) is 9.66. The van der Waals surface area contributed by atoms with E-state index < -0.39 is 0 Å². The summed E-state index contributed by atoms with van der Waals surface area (Å²) in [5.74, 6) is 2.09. The summed E-state index contributed by atoms with van der Waals surface area (Å²) in [4.78, 5) is 4.33. The fourth-order valence-corrected chi connectivity index (χ4v) is 2.04. The number of aromatic amines is 1. The van der Waals surface area contributed by atoms with E-state index in [2.05, 4.69) is 36.2 Å². The number of hydrogen-bond donors (Lipinski definition) is 2. The van der Waals surface area contributed by atoms with Crippen LogP contribution in [0.25, 0.3) is 11.5 Å². The van der Waals surface area contributed by atoms with E-state index in [1.807, 2.05) is 0 Å². The fourth-order valence-electron chi connectivity index (χ4n) is 1.63. The standard InChI is InChI=1S/C9H12N6S/c1-5(6-2-3-6)11-9-12-8(13-14-9)7-4-10-16-15-7/h4-6H,2-3H2,1H3,(H2,11,12,13,14). The maximum Gasteiger partial charge on any atom is 0.242 e. The summed E-state index contributed by atoms with van der Waals surface area (Å²) in [6.07, 6.45) is 4.29. The van der Waals surface area contributed by atoms with Crippen molar-refractivity contribution in [3.05, 3.63) is 6.20 Å². The van der Waals surface area contributed by atoms with Crippen LogP contribution in [0.3, 0.4) is 0 Å². The van der Waals surface area contributed by atoms with Gasteiger partial charge in [-0.25, -0.2) is 0 Å². The minimum absolute atomic E-state index is 0.442. The zero-order chi connectivity index (χ0) is 11.0. The Kier molecular flexibility index (Phi) is 2.32. The molecule has 2 N–H and O–H groups in total. The first-order chi connectivity index (χ1) is 7.83. The summed E-state index contributed by atoms with van der Waals surface area (Å²) in [5.41, 5.74) is 0.740. The normalized spacial score (nSPS) is 17.3. The minimum atomic E-state index is 0.442. The highest BCUT2D eigenvalue weighted by atomic mass is 32.1. The van der Waals surface area contributed by atoms with Crippen LogP contribution >= 0.6 is 11.7 Å². The Labute approximate surface area is 96.8 Å². The van der Waals surface area contributed by atoms with E-state index in [-0.39, 0.29) is 0 Å². The maximum absolute atomic E-state index is 4.33. The predicted molar refractivity (Wildman–Crippen MR) is 61.1 cm³/mol. The SMILES string of the molecule is CC(Nc1n[nH]c(-c2cnsn2)n1)C1CC1. The largest absolute Gasteiger partial charge is 0.350 e. The average molecular weight is 236 g/mol. The number of aromatic nitrogens is 5. The van der Waals surface area contributed by atoms with Gasteiger partial charge in [-0.1, -0.05) is 0 Å². The first-order valence-corrected chi connectivity index (χ1v) is 6.03. The van der Waals surface area contributed by atoms with Crippen molar-refractivity contribution in [3.63, 3.8) is 0 Å². The van der Waals surface area contributed by atoms with Crippen molar-refractivity contribution in [3.8, 4) is 11.5 Å². The van der Waals surface area contributed by atoms with Crippen LogP contribution in [0.5, 0.6) is 0 Å². The van der Waals surface area contributed by atoms with E-state index in [9.17, 15) is 0 Å². The lowest BCUT2D eigenvalue weighted by atomic mass is 10.2. The molecule has 1 saturated carbocycles. The second-order valence-corrected chi connectivity index (χ2v) is 4.63. The van der Waals surface area contributed by atoms with Gasteiger partial charge in [0.1, 0.15) is 5.69 Å². The van der Waals surface area contributed by atoms with Crippen LogP contribution in [0.15, 0.2) is 6.20 Å². The molecule has 0 aromatic carbocycles. The third-order valence-corrected chi connectivity index (χ3v) is 3.25. The molecule has 7 heteroatoms. The molecule has 2 aromatic rings. The second-order valence-electron chi connectivity index (χ2n) is 4.07. The Morgan fingerprint density at radius 1 is 1.56 bits per heavy atom. The first kappa shape index (κ1) is 9.71. The number of nitrogens with one attached hydrogen (secondary N) is 2. The summed E-state index contributed by atoms with van der Waals surface area (Å²) in [5, 5.41) is 10.3. The Balaban J connectivity index is 1.72. The minimum Gasteiger partial charge on any atom is -0.350 e. The molecule has 2 aromatic heterocycles. The quantitative estimate of drug-likeness (QED) is 0.841. The van der Waals surface area contributed by atoms with Crippen molar-refractivity contribution in [1.82, 2.24) is 23.9 Å². The Hall–Kier alpha value is -1.50. The van der Waals surface area contributed by atoms with Crippen LogP contribution in [-0.4, -0.2) is 30.0 Å². The molecule has 0 amide bonds. The number of nitrogens with zero attached hydrogens (tertiary/aromatic N) is 4. The lowest BCUT2D eigenvalue weighted by Gasteiger charge is -2.09. The van der Waals surface area contributed by atoms with Gasteiger partial charge in [-0.05, 0) is 25.7 Å². The summed E-state index contributed by atoms with van der Waals surface area (Å²) in [7, 11) is 0. The monoisotopic (exact) mass is 236 g/mol. The van der Waals surface area contributed by atoms with E-state index in [0.717, 1.165) is 23.3 Å². The lowest BCUT2D eigenvalue weighted by Crippen LogP contribution is -2.18. The number of hydrogen-bond acceptors (Lipinski definition) is 6. The predicted octanol–water partition coefficient (Wildman–Crippen LogP) is 1.53. The van der Waals surface area contributed by atoms with Gasteiger partial charge in [0.15, 0.2) is 5.82 Å². The molecule has 2 heterocycles. The Bertz CT molecular complexity index is 460. The average Bonchev–Trinajstić information content (AvgIpc) is 2.80. The van der Waals surface area contributed by atoms with E-state index in [0.29, 0.717) is 17.8 Å². The highest BCUT2D eigenvalue weighted by molar-refractivity contribution is 6.99. The molecule has 1 fully saturated rings. The van der Waals surface area contributed by atoms with E-state index in [4.69, 9.17) is 0 Å². The molecule has 0 radical (unpaired) electrons. The molecule has 1 atom stereocenters. The van der Waals surface area contributed by atoms with Gasteiger partial charge in [-0.15, -0.1) is 5.10 Å². The third kappa shape index (κ3) is 1.90. The Morgan fingerprint density at radius 3 is 3.12 bits per heavy atom. The van der Waals surface area contributed by atoms with Crippen LogP contribution in [-0.2, 0) is 0 Å². The van der Waals surface area contributed by atoms with Crippen LogP contribution in [0.4, 0.5) is 5.95 Å². The van der Waals surface area contributed by atoms with Gasteiger partial charge in [0.25, 0.3) is 0 Å². The van der Waals surface area contributed by atoms with Gasteiger partial charge in [-0.3, -0.25) is 5.10 Å². The van der Waals surface area contributed by atoms with Gasteiger partial charge in [0, 0.05) is 6.04 Å². The maximum atomic E-state index is 4.33. The zero-order valence-electron chi connectivity index (χ0n) is 8.84. The molecule has 16 heavy (non-hydrogen) atoms. The Morgan fingerprint density at radius 2 is 2.44 bits per heavy atom. The van der Waals surface area contributed by atoms with E-state index in [1.54, 1.807) is 6.20 Å². The molecule has 1 aliphatic carbocycles. The van der Waals surface area contributed by atoms with Gasteiger partial charge in [0.2, 0.25) is 5.95 Å². The van der Waals surface area contributed by atoms with Gasteiger partial charge >= 0.3 is 0 Å². The third-order valence-electron chi connectivity index (χ3n) is 2.78. The van der Waals surface area contributed by atoms with Crippen molar-refractivity contribution < 1.29 is 0 Å². The van der Waals surface area contributed by atoms with Crippen molar-refractivity contribution in [2.24, 2.45) is 5.92 Å². The topological polar surface area (TPSA) is 79.4 Å². The molecule has 84 valence electrons. The summed E-state index contributed by atoms with van der Waals surface area (Å²) < 4.78 is 8.02. The van der Waals surface area contributed by atoms with Gasteiger partial charge < -0.3 is 5.32 Å². The summed E-state index contributed by atoms with van der Waals surface area (Å²) >= 11 is 1.16. The van der Waals surface area contributed by atoms with Crippen LogP contribution in [0.2, 0.25) is 0 Å². The smallest absolute Gasteiger partial charge is 0.242 e. The molecule has 0 bridgehead atoms. The molecular formula is C9H12N6S. The van der Waals surface area contributed by atoms with E-state index in [1.165, 1.54) is 12.8 Å². The van der Waals surface area contributed by atoms with Gasteiger partial charge in [0.05, 0.1) is 17.9 Å². The van der Waals surface area contributed by atoms with Crippen molar-refractivity contribution in [2.45, 2.75) is 25.8 Å². The fraction of sp³-hybridized carbons (Fsp3) is 0.556. The molecule has 3 rings (SSSR count).